The third kappa shape index (κ3) is 4.07. The van der Waals surface area contributed by atoms with Gasteiger partial charge in [-0.1, -0.05) is 12.8 Å². The van der Waals surface area contributed by atoms with Crippen molar-refractivity contribution in [1.29, 1.82) is 0 Å². The Bertz CT molecular complexity index is 130. The summed E-state index contributed by atoms with van der Waals surface area (Å²) < 4.78 is 5.22. The predicted molar refractivity (Wildman–Crippen MR) is 52.8 cm³/mol. The third-order valence-corrected chi connectivity index (χ3v) is 2.59. The molecule has 0 amide bonds. The molecule has 0 aromatic rings. The molecule has 0 aromatic heterocycles. The summed E-state index contributed by atoms with van der Waals surface area (Å²) in [7, 11) is 0. The van der Waals surface area contributed by atoms with E-state index in [9.17, 15) is 5.11 Å². The van der Waals surface area contributed by atoms with Crippen LogP contribution in [-0.4, -0.2) is 37.0 Å². The van der Waals surface area contributed by atoms with E-state index >= 15 is 0 Å². The topological polar surface area (TPSA) is 41.5 Å². The summed E-state index contributed by atoms with van der Waals surface area (Å²) in [4.78, 5) is 0. The lowest BCUT2D eigenvalue weighted by molar-refractivity contribution is 0.0820. The largest absolute Gasteiger partial charge is 0.392 e. The summed E-state index contributed by atoms with van der Waals surface area (Å²) in [5.41, 5.74) is 0. The lowest BCUT2D eigenvalue weighted by atomic mass is 9.93. The van der Waals surface area contributed by atoms with Gasteiger partial charge in [-0.05, 0) is 19.8 Å². The molecule has 1 aliphatic carbocycles. The van der Waals surface area contributed by atoms with Gasteiger partial charge in [-0.15, -0.1) is 0 Å². The van der Waals surface area contributed by atoms with E-state index in [1.807, 2.05) is 6.92 Å². The number of aliphatic hydroxyl groups is 1. The van der Waals surface area contributed by atoms with Crippen molar-refractivity contribution in [3.05, 3.63) is 0 Å². The van der Waals surface area contributed by atoms with E-state index in [0.717, 1.165) is 32.6 Å². The second kappa shape index (κ2) is 6.35. The summed E-state index contributed by atoms with van der Waals surface area (Å²) in [6, 6.07) is 0.300. The maximum Gasteiger partial charge on any atom is 0.0693 e. The summed E-state index contributed by atoms with van der Waals surface area (Å²) in [5, 5.41) is 13.0. The van der Waals surface area contributed by atoms with Crippen molar-refractivity contribution in [2.24, 2.45) is 0 Å². The number of hydrogen-bond acceptors (Lipinski definition) is 3. The highest BCUT2D eigenvalue weighted by molar-refractivity contribution is 4.79. The van der Waals surface area contributed by atoms with Gasteiger partial charge in [0.15, 0.2) is 0 Å². The van der Waals surface area contributed by atoms with E-state index in [4.69, 9.17) is 4.74 Å². The minimum atomic E-state index is -0.143. The van der Waals surface area contributed by atoms with E-state index in [1.165, 1.54) is 12.8 Å². The van der Waals surface area contributed by atoms with Crippen molar-refractivity contribution in [2.75, 3.05) is 19.8 Å². The first-order valence-electron chi connectivity index (χ1n) is 5.33. The van der Waals surface area contributed by atoms with E-state index in [2.05, 4.69) is 5.32 Å². The fourth-order valence-corrected chi connectivity index (χ4v) is 1.81. The Morgan fingerprint density at radius 3 is 2.85 bits per heavy atom. The molecule has 1 rings (SSSR count). The molecule has 3 nitrogen and oxygen atoms in total. The molecule has 1 saturated carbocycles. The Morgan fingerprint density at radius 1 is 1.38 bits per heavy atom. The van der Waals surface area contributed by atoms with Crippen molar-refractivity contribution < 1.29 is 9.84 Å². The fourth-order valence-electron chi connectivity index (χ4n) is 1.81. The van der Waals surface area contributed by atoms with Gasteiger partial charge < -0.3 is 15.2 Å². The van der Waals surface area contributed by atoms with Crippen LogP contribution in [0.15, 0.2) is 0 Å². The molecule has 0 heterocycles. The molecular formula is C10H21NO2. The number of aliphatic hydroxyl groups excluding tert-OH is 1. The van der Waals surface area contributed by atoms with Gasteiger partial charge in [-0.25, -0.2) is 0 Å². The standard InChI is InChI=1S/C10H21NO2/c1-2-13-8-7-11-9-5-3-4-6-10(9)12/h9-12H,2-8H2,1H3/t9-,10-/m0/s1. The molecule has 0 saturated heterocycles. The van der Waals surface area contributed by atoms with Crippen molar-refractivity contribution >= 4 is 0 Å². The zero-order valence-electron chi connectivity index (χ0n) is 8.46. The molecule has 3 heteroatoms. The predicted octanol–water partition coefficient (Wildman–Crippen LogP) is 0.916. The maximum atomic E-state index is 9.62. The van der Waals surface area contributed by atoms with Gasteiger partial charge in [0, 0.05) is 19.2 Å². The molecule has 0 unspecified atom stereocenters. The molecule has 1 fully saturated rings. The zero-order valence-corrected chi connectivity index (χ0v) is 8.46. The van der Waals surface area contributed by atoms with Crippen LogP contribution in [0.5, 0.6) is 0 Å². The monoisotopic (exact) mass is 187 g/mol. The fraction of sp³-hybridized carbons (Fsp3) is 1.00. The quantitative estimate of drug-likeness (QED) is 0.629. The van der Waals surface area contributed by atoms with Crippen molar-refractivity contribution in [1.82, 2.24) is 5.32 Å². The summed E-state index contributed by atoms with van der Waals surface area (Å²) in [5.74, 6) is 0. The van der Waals surface area contributed by atoms with E-state index in [-0.39, 0.29) is 6.10 Å². The Balaban J connectivity index is 2.05. The smallest absolute Gasteiger partial charge is 0.0693 e. The molecule has 2 N–H and O–H groups in total. The lowest BCUT2D eigenvalue weighted by Gasteiger charge is -2.28. The molecule has 0 aliphatic heterocycles. The number of ether oxygens (including phenoxy) is 1. The zero-order chi connectivity index (χ0) is 9.52. The Labute approximate surface area is 80.5 Å². The molecule has 78 valence electrons. The number of nitrogens with one attached hydrogen (secondary N) is 1. The van der Waals surface area contributed by atoms with Crippen LogP contribution >= 0.6 is 0 Å². The number of rotatable bonds is 5. The van der Waals surface area contributed by atoms with Gasteiger partial charge in [0.25, 0.3) is 0 Å². The first-order chi connectivity index (χ1) is 6.34. The molecule has 0 bridgehead atoms. The van der Waals surface area contributed by atoms with Crippen LogP contribution in [0, 0.1) is 0 Å². The third-order valence-electron chi connectivity index (χ3n) is 2.59. The molecule has 0 spiro atoms. The molecular weight excluding hydrogens is 166 g/mol. The van der Waals surface area contributed by atoms with Gasteiger partial charge in [0.2, 0.25) is 0 Å². The minimum absolute atomic E-state index is 0.143. The van der Waals surface area contributed by atoms with Crippen LogP contribution < -0.4 is 5.32 Å². The summed E-state index contributed by atoms with van der Waals surface area (Å²) >= 11 is 0. The van der Waals surface area contributed by atoms with Gasteiger partial charge in [0.1, 0.15) is 0 Å². The maximum absolute atomic E-state index is 9.62. The molecule has 0 aromatic carbocycles. The first-order valence-corrected chi connectivity index (χ1v) is 5.33. The van der Waals surface area contributed by atoms with E-state index < -0.39 is 0 Å². The van der Waals surface area contributed by atoms with Crippen LogP contribution in [0.1, 0.15) is 32.6 Å². The second-order valence-corrected chi connectivity index (χ2v) is 3.61. The average Bonchev–Trinajstić information content (AvgIpc) is 2.15. The van der Waals surface area contributed by atoms with Crippen LogP contribution in [0.25, 0.3) is 0 Å². The molecule has 1 aliphatic rings. The van der Waals surface area contributed by atoms with Crippen LogP contribution in [0.3, 0.4) is 0 Å². The highest BCUT2D eigenvalue weighted by atomic mass is 16.5. The lowest BCUT2D eigenvalue weighted by Crippen LogP contribution is -2.43. The van der Waals surface area contributed by atoms with Crippen molar-refractivity contribution in [2.45, 2.75) is 44.8 Å². The Hall–Kier alpha value is -0.120. The van der Waals surface area contributed by atoms with E-state index in [0.29, 0.717) is 6.04 Å². The van der Waals surface area contributed by atoms with Gasteiger partial charge >= 0.3 is 0 Å². The Morgan fingerprint density at radius 2 is 2.15 bits per heavy atom. The second-order valence-electron chi connectivity index (χ2n) is 3.61. The highest BCUT2D eigenvalue weighted by Crippen LogP contribution is 2.17. The van der Waals surface area contributed by atoms with Gasteiger partial charge in [-0.3, -0.25) is 0 Å². The van der Waals surface area contributed by atoms with Crippen LogP contribution in [-0.2, 0) is 4.74 Å². The normalized spacial score (nSPS) is 29.1. The molecule has 2 atom stereocenters. The number of hydrogen-bond donors (Lipinski definition) is 2. The van der Waals surface area contributed by atoms with Crippen LogP contribution in [0.2, 0.25) is 0 Å². The Kier molecular flexibility index (Phi) is 5.35. The van der Waals surface area contributed by atoms with Crippen molar-refractivity contribution in [3.8, 4) is 0 Å². The summed E-state index contributed by atoms with van der Waals surface area (Å²) in [6.07, 6.45) is 4.32. The van der Waals surface area contributed by atoms with Gasteiger partial charge in [-0.2, -0.15) is 0 Å². The van der Waals surface area contributed by atoms with E-state index in [1.54, 1.807) is 0 Å². The first kappa shape index (κ1) is 11.0. The minimum Gasteiger partial charge on any atom is -0.392 e. The van der Waals surface area contributed by atoms with Crippen molar-refractivity contribution in [3.63, 3.8) is 0 Å². The molecule has 0 radical (unpaired) electrons. The van der Waals surface area contributed by atoms with Gasteiger partial charge in [0.05, 0.1) is 12.7 Å². The SMILES string of the molecule is CCOCCN[C@H]1CCCC[C@@H]1O. The van der Waals surface area contributed by atoms with Crippen LogP contribution in [0.4, 0.5) is 0 Å². The highest BCUT2D eigenvalue weighted by Gasteiger charge is 2.21. The molecule has 13 heavy (non-hydrogen) atoms. The summed E-state index contributed by atoms with van der Waals surface area (Å²) in [6.45, 7) is 4.37. The average molecular weight is 187 g/mol.